The van der Waals surface area contributed by atoms with Gasteiger partial charge in [0.2, 0.25) is 0 Å². The third kappa shape index (κ3) is 4.28. The fourth-order valence-electron chi connectivity index (χ4n) is 2.79. The van der Waals surface area contributed by atoms with E-state index < -0.39 is 17.6 Å². The number of alkyl halides is 3. The van der Waals surface area contributed by atoms with Gasteiger partial charge in [0.1, 0.15) is 16.9 Å². The second kappa shape index (κ2) is 8.15. The van der Waals surface area contributed by atoms with Crippen LogP contribution in [0.15, 0.2) is 66.2 Å². The number of rotatable bonds is 5. The highest BCUT2D eigenvalue weighted by Crippen LogP contribution is 2.34. The highest BCUT2D eigenvalue weighted by atomic mass is 32.2. The number of imidazole rings is 1. The number of aromatic nitrogens is 4. The van der Waals surface area contributed by atoms with Crippen LogP contribution in [0.2, 0.25) is 0 Å². The summed E-state index contributed by atoms with van der Waals surface area (Å²) in [5.41, 5.74) is 1.36. The molecule has 2 aromatic carbocycles. The van der Waals surface area contributed by atoms with Gasteiger partial charge in [-0.2, -0.15) is 13.2 Å². The van der Waals surface area contributed by atoms with Crippen molar-refractivity contribution < 1.29 is 18.0 Å². The average molecular weight is 429 g/mol. The number of benzene rings is 2. The fourth-order valence-corrected chi connectivity index (χ4v) is 3.70. The number of hydrogen-bond donors (Lipinski definition) is 2. The Hall–Kier alpha value is -3.40. The maximum Gasteiger partial charge on any atom is 0.418 e. The lowest BCUT2D eigenvalue weighted by Gasteiger charge is -2.13. The minimum atomic E-state index is -4.55. The maximum absolute atomic E-state index is 13.1. The molecule has 0 radical (unpaired) electrons. The molecular formula is C20H14F3N5OS. The van der Waals surface area contributed by atoms with Crippen molar-refractivity contribution in [2.24, 2.45) is 0 Å². The van der Waals surface area contributed by atoms with Crippen LogP contribution in [0.25, 0.3) is 11.2 Å². The molecule has 0 saturated carbocycles. The molecule has 0 atom stereocenters. The molecule has 2 aromatic heterocycles. The lowest BCUT2D eigenvalue weighted by atomic mass is 10.1. The van der Waals surface area contributed by atoms with Gasteiger partial charge in [0, 0.05) is 11.3 Å². The van der Waals surface area contributed by atoms with Gasteiger partial charge in [-0.3, -0.25) is 4.79 Å². The molecule has 6 nitrogen and oxygen atoms in total. The standard InChI is InChI=1S/C20H14F3N5OS/c21-20(22,23)14-3-1-2-4-15(14)28-18(29)13-7-5-12(6-8-13)9-30-19-16-17(25-10-24-16)26-11-27-19/h1-8,10-11H,9H2,(H,28,29)(H,24,25,26,27). The first kappa shape index (κ1) is 19.9. The lowest BCUT2D eigenvalue weighted by Crippen LogP contribution is -2.16. The van der Waals surface area contributed by atoms with Gasteiger partial charge in [0.05, 0.1) is 17.6 Å². The molecule has 0 saturated heterocycles. The van der Waals surface area contributed by atoms with Crippen molar-refractivity contribution in [3.8, 4) is 0 Å². The SMILES string of the molecule is O=C(Nc1ccccc1C(F)(F)F)c1ccc(CSc2ncnc3nc[nH]c23)cc1. The molecule has 0 unspecified atom stereocenters. The number of halogens is 3. The quantitative estimate of drug-likeness (QED) is 0.348. The molecule has 2 N–H and O–H groups in total. The lowest BCUT2D eigenvalue weighted by molar-refractivity contribution is -0.136. The molecule has 0 bridgehead atoms. The number of para-hydroxylation sites is 1. The molecule has 0 fully saturated rings. The van der Waals surface area contributed by atoms with E-state index in [1.807, 2.05) is 0 Å². The first-order valence-corrected chi connectivity index (χ1v) is 9.74. The number of carbonyl (C=O) groups is 1. The van der Waals surface area contributed by atoms with Gasteiger partial charge in [-0.1, -0.05) is 36.0 Å². The summed E-state index contributed by atoms with van der Waals surface area (Å²) in [7, 11) is 0. The van der Waals surface area contributed by atoms with E-state index in [0.717, 1.165) is 22.2 Å². The zero-order valence-corrected chi connectivity index (χ0v) is 16.1. The zero-order valence-electron chi connectivity index (χ0n) is 15.3. The minimum Gasteiger partial charge on any atom is -0.341 e. The highest BCUT2D eigenvalue weighted by Gasteiger charge is 2.33. The van der Waals surface area contributed by atoms with Crippen LogP contribution in [0.5, 0.6) is 0 Å². The molecule has 30 heavy (non-hydrogen) atoms. The van der Waals surface area contributed by atoms with E-state index in [2.05, 4.69) is 25.3 Å². The normalized spacial score (nSPS) is 11.6. The number of thioether (sulfide) groups is 1. The van der Waals surface area contributed by atoms with Gasteiger partial charge >= 0.3 is 6.18 Å². The van der Waals surface area contributed by atoms with Crippen LogP contribution < -0.4 is 5.32 Å². The number of amides is 1. The van der Waals surface area contributed by atoms with Crippen LogP contribution in [0.4, 0.5) is 18.9 Å². The Morgan fingerprint density at radius 1 is 1.03 bits per heavy atom. The molecular weight excluding hydrogens is 415 g/mol. The second-order valence-electron chi connectivity index (χ2n) is 6.26. The molecule has 4 rings (SSSR count). The number of anilines is 1. The van der Waals surface area contributed by atoms with Gasteiger partial charge in [-0.25, -0.2) is 15.0 Å². The van der Waals surface area contributed by atoms with Crippen molar-refractivity contribution in [2.45, 2.75) is 17.0 Å². The van der Waals surface area contributed by atoms with E-state index in [0.29, 0.717) is 11.4 Å². The first-order valence-electron chi connectivity index (χ1n) is 8.75. The van der Waals surface area contributed by atoms with Gasteiger partial charge in [0.15, 0.2) is 5.65 Å². The van der Waals surface area contributed by atoms with Gasteiger partial charge in [-0.15, -0.1) is 0 Å². The summed E-state index contributed by atoms with van der Waals surface area (Å²) >= 11 is 1.48. The Morgan fingerprint density at radius 3 is 2.57 bits per heavy atom. The second-order valence-corrected chi connectivity index (χ2v) is 7.23. The number of carbonyl (C=O) groups excluding carboxylic acids is 1. The zero-order chi connectivity index (χ0) is 21.1. The van der Waals surface area contributed by atoms with Crippen LogP contribution in [0, 0.1) is 0 Å². The third-order valence-electron chi connectivity index (χ3n) is 4.26. The van der Waals surface area contributed by atoms with Crippen LogP contribution >= 0.6 is 11.8 Å². The van der Waals surface area contributed by atoms with Crippen molar-refractivity contribution >= 4 is 34.5 Å². The molecule has 1 amide bonds. The van der Waals surface area contributed by atoms with E-state index in [1.165, 1.54) is 36.3 Å². The average Bonchev–Trinajstić information content (AvgIpc) is 3.22. The molecule has 0 aliphatic rings. The smallest absolute Gasteiger partial charge is 0.341 e. The van der Waals surface area contributed by atoms with Gasteiger partial charge in [-0.05, 0) is 29.8 Å². The fraction of sp³-hybridized carbons (Fsp3) is 0.100. The summed E-state index contributed by atoms with van der Waals surface area (Å²) in [4.78, 5) is 27.8. The molecule has 2 heterocycles. The molecule has 0 aliphatic heterocycles. The van der Waals surface area contributed by atoms with Crippen molar-refractivity contribution in [3.63, 3.8) is 0 Å². The van der Waals surface area contributed by atoms with Crippen molar-refractivity contribution in [1.29, 1.82) is 0 Å². The largest absolute Gasteiger partial charge is 0.418 e. The Balaban J connectivity index is 1.44. The highest BCUT2D eigenvalue weighted by molar-refractivity contribution is 7.98. The summed E-state index contributed by atoms with van der Waals surface area (Å²) in [5.74, 6) is -0.0231. The van der Waals surface area contributed by atoms with Crippen LogP contribution in [-0.4, -0.2) is 25.8 Å². The third-order valence-corrected chi connectivity index (χ3v) is 5.32. The Kier molecular flexibility index (Phi) is 5.40. The molecule has 10 heteroatoms. The number of fused-ring (bicyclic) bond motifs is 1. The number of hydrogen-bond acceptors (Lipinski definition) is 5. The summed E-state index contributed by atoms with van der Waals surface area (Å²) < 4.78 is 39.3. The Morgan fingerprint density at radius 2 is 1.80 bits per heavy atom. The van der Waals surface area contributed by atoms with Crippen LogP contribution in [0.3, 0.4) is 0 Å². The van der Waals surface area contributed by atoms with E-state index in [9.17, 15) is 18.0 Å². The Labute approximate surface area is 173 Å². The number of aromatic amines is 1. The number of nitrogens with zero attached hydrogens (tertiary/aromatic N) is 3. The molecule has 4 aromatic rings. The first-order chi connectivity index (χ1) is 14.4. The van der Waals surface area contributed by atoms with Gasteiger partial charge in [0.25, 0.3) is 5.91 Å². The van der Waals surface area contributed by atoms with Gasteiger partial charge < -0.3 is 10.3 Å². The summed E-state index contributed by atoms with van der Waals surface area (Å²) in [6.07, 6.45) is -1.56. The van der Waals surface area contributed by atoms with Crippen LogP contribution in [0.1, 0.15) is 21.5 Å². The van der Waals surface area contributed by atoms with Crippen LogP contribution in [-0.2, 0) is 11.9 Å². The van der Waals surface area contributed by atoms with Crippen molar-refractivity contribution in [3.05, 3.63) is 77.9 Å². The summed E-state index contributed by atoms with van der Waals surface area (Å²) in [5, 5.41) is 3.09. The summed E-state index contributed by atoms with van der Waals surface area (Å²) in [6.45, 7) is 0. The maximum atomic E-state index is 13.1. The Bertz CT molecular complexity index is 1190. The molecule has 0 aliphatic carbocycles. The van der Waals surface area contributed by atoms with E-state index in [1.54, 1.807) is 30.6 Å². The predicted molar refractivity (Wildman–Crippen MR) is 107 cm³/mol. The topological polar surface area (TPSA) is 83.6 Å². The predicted octanol–water partition coefficient (Wildman–Crippen LogP) is 4.92. The van der Waals surface area contributed by atoms with E-state index in [-0.39, 0.29) is 11.3 Å². The molecule has 152 valence electrons. The van der Waals surface area contributed by atoms with E-state index >= 15 is 0 Å². The molecule has 0 spiro atoms. The monoisotopic (exact) mass is 429 g/mol. The number of H-pyrrole nitrogens is 1. The van der Waals surface area contributed by atoms with E-state index in [4.69, 9.17) is 0 Å². The number of nitrogens with one attached hydrogen (secondary N) is 2. The minimum absolute atomic E-state index is 0.263. The van der Waals surface area contributed by atoms with Crippen molar-refractivity contribution in [1.82, 2.24) is 19.9 Å². The summed E-state index contributed by atoms with van der Waals surface area (Å²) in [6, 6.07) is 11.5. The van der Waals surface area contributed by atoms with Crippen molar-refractivity contribution in [2.75, 3.05) is 5.32 Å².